The molecule has 0 aliphatic carbocycles. The first-order valence-electron chi connectivity index (χ1n) is 6.36. The zero-order valence-electron chi connectivity index (χ0n) is 11.5. The number of nitriles is 1. The molecule has 2 rings (SSSR count). The van der Waals surface area contributed by atoms with Crippen molar-refractivity contribution in [1.82, 2.24) is 9.78 Å². The molecule has 0 radical (unpaired) electrons. The first-order chi connectivity index (χ1) is 9.10. The molecule has 0 aliphatic rings. The van der Waals surface area contributed by atoms with Crippen LogP contribution in [0.15, 0.2) is 30.5 Å². The van der Waals surface area contributed by atoms with Gasteiger partial charge in [0.15, 0.2) is 0 Å². The monoisotopic (exact) mass is 254 g/mol. The van der Waals surface area contributed by atoms with Gasteiger partial charge in [0, 0.05) is 31.0 Å². The van der Waals surface area contributed by atoms with Gasteiger partial charge in [-0.15, -0.1) is 0 Å². The van der Waals surface area contributed by atoms with Crippen molar-refractivity contribution < 1.29 is 0 Å². The largest absolute Gasteiger partial charge is 0.381 e. The Morgan fingerprint density at radius 1 is 1.42 bits per heavy atom. The molecule has 19 heavy (non-hydrogen) atoms. The SMILES string of the molecule is CC(C)c1nn(C)cc1CNc1cccc(C#N)c1. The lowest BCUT2D eigenvalue weighted by Crippen LogP contribution is -2.02. The minimum atomic E-state index is 0.406. The molecule has 0 saturated heterocycles. The number of nitrogens with zero attached hydrogens (tertiary/aromatic N) is 3. The molecule has 0 bridgehead atoms. The van der Waals surface area contributed by atoms with E-state index < -0.39 is 0 Å². The fourth-order valence-corrected chi connectivity index (χ4v) is 2.07. The van der Waals surface area contributed by atoms with Crippen molar-refractivity contribution in [3.63, 3.8) is 0 Å². The van der Waals surface area contributed by atoms with E-state index in [0.717, 1.165) is 17.9 Å². The molecule has 1 aromatic carbocycles. The van der Waals surface area contributed by atoms with E-state index in [0.29, 0.717) is 11.5 Å². The molecule has 1 N–H and O–H groups in total. The fourth-order valence-electron chi connectivity index (χ4n) is 2.07. The summed E-state index contributed by atoms with van der Waals surface area (Å²) >= 11 is 0. The van der Waals surface area contributed by atoms with Crippen molar-refractivity contribution >= 4 is 5.69 Å². The summed E-state index contributed by atoms with van der Waals surface area (Å²) in [6.45, 7) is 5.00. The quantitative estimate of drug-likeness (QED) is 0.912. The van der Waals surface area contributed by atoms with Gasteiger partial charge in [0.25, 0.3) is 0 Å². The van der Waals surface area contributed by atoms with Gasteiger partial charge in [0.2, 0.25) is 0 Å². The number of benzene rings is 1. The van der Waals surface area contributed by atoms with Crippen LogP contribution < -0.4 is 5.32 Å². The summed E-state index contributed by atoms with van der Waals surface area (Å²) in [5.41, 5.74) is 3.93. The van der Waals surface area contributed by atoms with Gasteiger partial charge in [-0.2, -0.15) is 10.4 Å². The Morgan fingerprint density at radius 2 is 2.21 bits per heavy atom. The van der Waals surface area contributed by atoms with Crippen molar-refractivity contribution in [3.8, 4) is 6.07 Å². The van der Waals surface area contributed by atoms with Crippen LogP contribution in [0.3, 0.4) is 0 Å². The summed E-state index contributed by atoms with van der Waals surface area (Å²) in [7, 11) is 1.94. The van der Waals surface area contributed by atoms with Gasteiger partial charge in [0.05, 0.1) is 17.3 Å². The second kappa shape index (κ2) is 5.57. The lowest BCUT2D eigenvalue weighted by molar-refractivity contribution is 0.712. The molecule has 0 aliphatic heterocycles. The molecule has 0 fully saturated rings. The van der Waals surface area contributed by atoms with Gasteiger partial charge in [-0.1, -0.05) is 19.9 Å². The molecular weight excluding hydrogens is 236 g/mol. The molecule has 0 amide bonds. The average molecular weight is 254 g/mol. The lowest BCUT2D eigenvalue weighted by atomic mass is 10.1. The summed E-state index contributed by atoms with van der Waals surface area (Å²) in [6.07, 6.45) is 2.04. The van der Waals surface area contributed by atoms with Crippen molar-refractivity contribution in [2.24, 2.45) is 7.05 Å². The van der Waals surface area contributed by atoms with Crippen molar-refractivity contribution in [3.05, 3.63) is 47.3 Å². The van der Waals surface area contributed by atoms with E-state index in [4.69, 9.17) is 5.26 Å². The maximum atomic E-state index is 8.88. The Bertz CT molecular complexity index is 605. The summed E-state index contributed by atoms with van der Waals surface area (Å²) in [5.74, 6) is 0.406. The Labute approximate surface area is 113 Å². The average Bonchev–Trinajstić information content (AvgIpc) is 2.78. The predicted octanol–water partition coefficient (Wildman–Crippen LogP) is 3.03. The third-order valence-electron chi connectivity index (χ3n) is 2.96. The molecule has 0 spiro atoms. The van der Waals surface area contributed by atoms with Crippen LogP contribution >= 0.6 is 0 Å². The van der Waals surface area contributed by atoms with Gasteiger partial charge in [0.1, 0.15) is 0 Å². The number of aryl methyl sites for hydroxylation is 1. The Kier molecular flexibility index (Phi) is 3.86. The van der Waals surface area contributed by atoms with Crippen LogP contribution in [0, 0.1) is 11.3 Å². The van der Waals surface area contributed by atoms with Gasteiger partial charge >= 0.3 is 0 Å². The van der Waals surface area contributed by atoms with Gasteiger partial charge in [-0.05, 0) is 24.1 Å². The highest BCUT2D eigenvalue weighted by atomic mass is 15.3. The molecule has 4 nitrogen and oxygen atoms in total. The van der Waals surface area contributed by atoms with E-state index in [1.165, 1.54) is 5.56 Å². The van der Waals surface area contributed by atoms with E-state index in [2.05, 4.69) is 30.3 Å². The Balaban J connectivity index is 2.12. The second-order valence-electron chi connectivity index (χ2n) is 4.91. The topological polar surface area (TPSA) is 53.6 Å². The van der Waals surface area contributed by atoms with E-state index >= 15 is 0 Å². The van der Waals surface area contributed by atoms with E-state index in [-0.39, 0.29) is 0 Å². The number of anilines is 1. The second-order valence-corrected chi connectivity index (χ2v) is 4.91. The zero-order valence-corrected chi connectivity index (χ0v) is 11.5. The molecule has 0 unspecified atom stereocenters. The Hall–Kier alpha value is -2.28. The smallest absolute Gasteiger partial charge is 0.0992 e. The maximum Gasteiger partial charge on any atom is 0.0992 e. The number of rotatable bonds is 4. The summed E-state index contributed by atoms with van der Waals surface area (Å²) in [5, 5.41) is 16.7. The highest BCUT2D eigenvalue weighted by molar-refractivity contribution is 5.49. The van der Waals surface area contributed by atoms with Gasteiger partial charge in [-0.25, -0.2) is 0 Å². The number of hydrogen-bond donors (Lipinski definition) is 1. The first-order valence-corrected chi connectivity index (χ1v) is 6.36. The molecule has 4 heteroatoms. The van der Waals surface area contributed by atoms with Crippen LogP contribution in [-0.4, -0.2) is 9.78 Å². The van der Waals surface area contributed by atoms with Crippen LogP contribution in [0.4, 0.5) is 5.69 Å². The molecule has 98 valence electrons. The third kappa shape index (κ3) is 3.14. The molecular formula is C15H18N4. The normalized spacial score (nSPS) is 10.5. The van der Waals surface area contributed by atoms with Gasteiger partial charge in [-0.3, -0.25) is 4.68 Å². The number of aromatic nitrogens is 2. The van der Waals surface area contributed by atoms with Crippen LogP contribution in [-0.2, 0) is 13.6 Å². The summed E-state index contributed by atoms with van der Waals surface area (Å²) in [6, 6.07) is 9.64. The highest BCUT2D eigenvalue weighted by Gasteiger charge is 2.10. The molecule has 0 atom stereocenters. The molecule has 2 aromatic rings. The predicted molar refractivity (Wildman–Crippen MR) is 75.8 cm³/mol. The fraction of sp³-hybridized carbons (Fsp3) is 0.333. The minimum Gasteiger partial charge on any atom is -0.381 e. The number of hydrogen-bond acceptors (Lipinski definition) is 3. The van der Waals surface area contributed by atoms with E-state index in [1.54, 1.807) is 6.07 Å². The van der Waals surface area contributed by atoms with Crippen LogP contribution in [0.1, 0.15) is 36.6 Å². The summed E-state index contributed by atoms with van der Waals surface area (Å²) in [4.78, 5) is 0. The van der Waals surface area contributed by atoms with E-state index in [1.807, 2.05) is 36.1 Å². The molecule has 0 saturated carbocycles. The van der Waals surface area contributed by atoms with Crippen LogP contribution in [0.25, 0.3) is 0 Å². The minimum absolute atomic E-state index is 0.406. The van der Waals surface area contributed by atoms with Crippen molar-refractivity contribution in [2.75, 3.05) is 5.32 Å². The zero-order chi connectivity index (χ0) is 13.8. The highest BCUT2D eigenvalue weighted by Crippen LogP contribution is 2.19. The number of nitrogens with one attached hydrogen (secondary N) is 1. The molecule has 1 aromatic heterocycles. The van der Waals surface area contributed by atoms with Crippen LogP contribution in [0.5, 0.6) is 0 Å². The van der Waals surface area contributed by atoms with Crippen molar-refractivity contribution in [1.29, 1.82) is 5.26 Å². The Morgan fingerprint density at radius 3 is 2.89 bits per heavy atom. The summed E-state index contributed by atoms with van der Waals surface area (Å²) < 4.78 is 1.85. The standard InChI is InChI=1S/C15H18N4/c1-11(2)15-13(10-19(3)18-15)9-17-14-6-4-5-12(7-14)8-16/h4-7,10-11,17H,9H2,1-3H3. The van der Waals surface area contributed by atoms with Crippen molar-refractivity contribution in [2.45, 2.75) is 26.3 Å². The van der Waals surface area contributed by atoms with E-state index in [9.17, 15) is 0 Å². The van der Waals surface area contributed by atoms with Gasteiger partial charge < -0.3 is 5.32 Å². The molecule has 1 heterocycles. The lowest BCUT2D eigenvalue weighted by Gasteiger charge is -2.08. The van der Waals surface area contributed by atoms with Crippen LogP contribution in [0.2, 0.25) is 0 Å². The first kappa shape index (κ1) is 13.2. The third-order valence-corrected chi connectivity index (χ3v) is 2.96. The maximum absolute atomic E-state index is 8.88.